The molecule has 0 heterocycles. The van der Waals surface area contributed by atoms with Gasteiger partial charge in [-0.2, -0.15) is 0 Å². The largest absolute Gasteiger partial charge is 0.497 e. The quantitative estimate of drug-likeness (QED) is 0.819. The molecule has 6 atom stereocenters. The second-order valence-corrected chi connectivity index (χ2v) is 9.76. The van der Waals surface area contributed by atoms with Crippen molar-refractivity contribution >= 4 is 5.78 Å². The maximum atomic E-state index is 13.1. The van der Waals surface area contributed by atoms with Gasteiger partial charge in [-0.05, 0) is 86.0 Å². The number of carbonyl (C=O) groups is 1. The van der Waals surface area contributed by atoms with E-state index >= 15 is 0 Å². The van der Waals surface area contributed by atoms with E-state index in [0.29, 0.717) is 24.0 Å². The molecule has 26 heavy (non-hydrogen) atoms. The molecule has 0 radical (unpaired) electrons. The van der Waals surface area contributed by atoms with Crippen molar-refractivity contribution in [2.24, 2.45) is 22.7 Å². The molecule has 0 unspecified atom stereocenters. The van der Waals surface area contributed by atoms with E-state index < -0.39 is 5.60 Å². The molecule has 3 heteroatoms. The molecule has 0 aromatic heterocycles. The summed E-state index contributed by atoms with van der Waals surface area (Å²) in [6, 6.07) is 6.57. The van der Waals surface area contributed by atoms with Crippen LogP contribution in [-0.4, -0.2) is 23.6 Å². The number of ketones is 1. The van der Waals surface area contributed by atoms with Crippen LogP contribution in [0.4, 0.5) is 0 Å². The molecule has 0 aliphatic heterocycles. The number of rotatable bonds is 1. The van der Waals surface area contributed by atoms with Gasteiger partial charge in [0.1, 0.15) is 11.5 Å². The highest BCUT2D eigenvalue weighted by atomic mass is 16.5. The smallest absolute Gasteiger partial charge is 0.139 e. The Morgan fingerprint density at radius 3 is 2.73 bits per heavy atom. The minimum Gasteiger partial charge on any atom is -0.497 e. The maximum Gasteiger partial charge on any atom is 0.139 e. The Morgan fingerprint density at radius 1 is 1.15 bits per heavy atom. The highest BCUT2D eigenvalue weighted by molar-refractivity contribution is 5.89. The van der Waals surface area contributed by atoms with Crippen molar-refractivity contribution in [3.8, 4) is 5.75 Å². The van der Waals surface area contributed by atoms with Crippen LogP contribution in [0.15, 0.2) is 18.2 Å². The lowest BCUT2D eigenvalue weighted by molar-refractivity contribution is -0.138. The van der Waals surface area contributed by atoms with E-state index in [-0.39, 0.29) is 16.7 Å². The Hall–Kier alpha value is -1.35. The molecule has 0 bridgehead atoms. The molecule has 1 spiro atoms. The molecule has 1 aromatic rings. The third-order valence-electron chi connectivity index (χ3n) is 9.03. The van der Waals surface area contributed by atoms with Crippen molar-refractivity contribution in [2.45, 2.75) is 70.3 Å². The highest BCUT2D eigenvalue weighted by Crippen LogP contribution is 2.75. The van der Waals surface area contributed by atoms with E-state index in [0.717, 1.165) is 44.3 Å². The van der Waals surface area contributed by atoms with Crippen molar-refractivity contribution in [3.63, 3.8) is 0 Å². The Labute approximate surface area is 156 Å². The summed E-state index contributed by atoms with van der Waals surface area (Å²) in [5.41, 5.74) is 1.98. The van der Waals surface area contributed by atoms with Gasteiger partial charge in [0.05, 0.1) is 12.7 Å². The molecule has 0 amide bonds. The monoisotopic (exact) mass is 354 g/mol. The number of methoxy groups -OCH3 is 1. The average molecular weight is 354 g/mol. The van der Waals surface area contributed by atoms with Crippen LogP contribution in [-0.2, 0) is 11.2 Å². The van der Waals surface area contributed by atoms with Gasteiger partial charge in [-0.1, -0.05) is 13.0 Å². The molecule has 1 N–H and O–H groups in total. The summed E-state index contributed by atoms with van der Waals surface area (Å²) >= 11 is 0. The summed E-state index contributed by atoms with van der Waals surface area (Å²) in [5.74, 6) is 2.55. The zero-order valence-corrected chi connectivity index (χ0v) is 16.2. The zero-order valence-electron chi connectivity index (χ0n) is 16.2. The summed E-state index contributed by atoms with van der Waals surface area (Å²) < 4.78 is 5.43. The molecule has 5 rings (SSSR count). The lowest BCUT2D eigenvalue weighted by Gasteiger charge is -2.57. The van der Waals surface area contributed by atoms with Crippen LogP contribution in [0.1, 0.15) is 69.4 Å². The van der Waals surface area contributed by atoms with Gasteiger partial charge in [-0.25, -0.2) is 0 Å². The summed E-state index contributed by atoms with van der Waals surface area (Å²) in [6.45, 7) is 4.22. The summed E-state index contributed by atoms with van der Waals surface area (Å²) in [5, 5.41) is 11.1. The van der Waals surface area contributed by atoms with Crippen LogP contribution in [0.25, 0.3) is 0 Å². The SMILES string of the molecule is COc1ccc2c(c1)CC[C@@H]1[C@@H]2CC[C@]2(C)C(=O)C[C@@H]3[C@]12CC[C@@]3(C)O. The second-order valence-electron chi connectivity index (χ2n) is 9.76. The molecular formula is C23H30O3. The third kappa shape index (κ3) is 1.81. The van der Waals surface area contributed by atoms with Crippen molar-refractivity contribution < 1.29 is 14.6 Å². The number of Topliss-reactive ketones (excluding diaryl/α,β-unsaturated/α-hetero) is 1. The Kier molecular flexibility index (Phi) is 3.31. The van der Waals surface area contributed by atoms with Crippen LogP contribution >= 0.6 is 0 Å². The van der Waals surface area contributed by atoms with Gasteiger partial charge >= 0.3 is 0 Å². The number of benzene rings is 1. The molecule has 1 aromatic carbocycles. The predicted octanol–water partition coefficient (Wildman–Crippen LogP) is 4.26. The number of aliphatic hydroxyl groups is 1. The number of ether oxygens (including phenoxy) is 1. The highest BCUT2D eigenvalue weighted by Gasteiger charge is 2.73. The summed E-state index contributed by atoms with van der Waals surface area (Å²) in [7, 11) is 1.73. The van der Waals surface area contributed by atoms with Gasteiger partial charge in [-0.3, -0.25) is 4.79 Å². The predicted molar refractivity (Wildman–Crippen MR) is 100 cm³/mol. The Morgan fingerprint density at radius 2 is 1.96 bits per heavy atom. The number of carbonyl (C=O) groups excluding carboxylic acids is 1. The molecule has 140 valence electrons. The summed E-state index contributed by atoms with van der Waals surface area (Å²) in [4.78, 5) is 13.1. The minimum atomic E-state index is -0.685. The second kappa shape index (κ2) is 5.13. The molecule has 3 fully saturated rings. The first-order valence-corrected chi connectivity index (χ1v) is 10.3. The average Bonchev–Trinajstić information content (AvgIpc) is 3.03. The van der Waals surface area contributed by atoms with E-state index in [1.54, 1.807) is 7.11 Å². The van der Waals surface area contributed by atoms with Crippen LogP contribution in [0.3, 0.4) is 0 Å². The minimum absolute atomic E-state index is 0.00584. The van der Waals surface area contributed by atoms with E-state index in [9.17, 15) is 9.90 Å². The number of hydrogen-bond donors (Lipinski definition) is 1. The Bertz CT molecular complexity index is 782. The first-order chi connectivity index (χ1) is 12.3. The fourth-order valence-electron chi connectivity index (χ4n) is 7.75. The maximum absolute atomic E-state index is 13.1. The van der Waals surface area contributed by atoms with Crippen LogP contribution < -0.4 is 4.74 Å². The third-order valence-corrected chi connectivity index (χ3v) is 9.03. The first kappa shape index (κ1) is 16.8. The van der Waals surface area contributed by atoms with Crippen LogP contribution in [0.2, 0.25) is 0 Å². The van der Waals surface area contributed by atoms with Gasteiger partial charge in [0.15, 0.2) is 0 Å². The number of fused-ring (bicyclic) bond motifs is 3. The Balaban J connectivity index is 1.63. The van der Waals surface area contributed by atoms with Crippen molar-refractivity contribution in [2.75, 3.05) is 7.11 Å². The van der Waals surface area contributed by atoms with E-state index in [4.69, 9.17) is 4.74 Å². The van der Waals surface area contributed by atoms with E-state index in [2.05, 4.69) is 25.1 Å². The van der Waals surface area contributed by atoms with Crippen LogP contribution in [0, 0.1) is 22.7 Å². The van der Waals surface area contributed by atoms with Gasteiger partial charge in [-0.15, -0.1) is 0 Å². The normalized spacial score (nSPS) is 46.3. The fourth-order valence-corrected chi connectivity index (χ4v) is 7.75. The molecule has 3 saturated carbocycles. The van der Waals surface area contributed by atoms with Gasteiger partial charge < -0.3 is 9.84 Å². The van der Waals surface area contributed by atoms with Crippen molar-refractivity contribution in [1.29, 1.82) is 0 Å². The first-order valence-electron chi connectivity index (χ1n) is 10.3. The topological polar surface area (TPSA) is 46.5 Å². The molecule has 4 aliphatic rings. The molecule has 3 nitrogen and oxygen atoms in total. The lowest BCUT2D eigenvalue weighted by atomic mass is 9.46. The molecular weight excluding hydrogens is 324 g/mol. The van der Waals surface area contributed by atoms with E-state index in [1.807, 2.05) is 6.92 Å². The number of hydrogen-bond acceptors (Lipinski definition) is 3. The van der Waals surface area contributed by atoms with Crippen molar-refractivity contribution in [3.05, 3.63) is 29.3 Å². The molecule has 4 aliphatic carbocycles. The fraction of sp³-hybridized carbons (Fsp3) is 0.696. The zero-order chi connectivity index (χ0) is 18.3. The van der Waals surface area contributed by atoms with Gasteiger partial charge in [0, 0.05) is 17.8 Å². The number of aryl methyl sites for hydroxylation is 1. The van der Waals surface area contributed by atoms with E-state index in [1.165, 1.54) is 11.1 Å². The summed E-state index contributed by atoms with van der Waals surface area (Å²) in [6.07, 6.45) is 6.73. The lowest BCUT2D eigenvalue weighted by Crippen LogP contribution is -2.53. The standard InChI is InChI=1S/C23H30O3/c1-21-9-8-17-16-6-5-15(26-3)12-14(16)4-7-18(17)23(21)11-10-22(2,25)19(23)13-20(21)24/h5-6,12,17-19,25H,4,7-11,13H2,1-3H3/t17-,18-,19+,21-,22-,23+/m1/s1. The van der Waals surface area contributed by atoms with Crippen LogP contribution in [0.5, 0.6) is 5.75 Å². The molecule has 0 saturated heterocycles. The van der Waals surface area contributed by atoms with Gasteiger partial charge in [0.25, 0.3) is 0 Å². The van der Waals surface area contributed by atoms with Gasteiger partial charge in [0.2, 0.25) is 0 Å². The van der Waals surface area contributed by atoms with Crippen molar-refractivity contribution in [1.82, 2.24) is 0 Å².